The number of oxazole rings is 1. The van der Waals surface area contributed by atoms with Gasteiger partial charge < -0.3 is 9.15 Å². The molecule has 1 heterocycles. The van der Waals surface area contributed by atoms with E-state index < -0.39 is 0 Å². The van der Waals surface area contributed by atoms with Crippen molar-refractivity contribution in [3.63, 3.8) is 0 Å². The van der Waals surface area contributed by atoms with Crippen LogP contribution < -0.4 is 4.74 Å². The van der Waals surface area contributed by atoms with E-state index in [0.29, 0.717) is 23.6 Å². The molecule has 0 radical (unpaired) electrons. The lowest BCUT2D eigenvalue weighted by Crippen LogP contribution is -1.92. The van der Waals surface area contributed by atoms with Crippen molar-refractivity contribution in [2.45, 2.75) is 6.42 Å². The molecule has 20 heavy (non-hydrogen) atoms. The van der Waals surface area contributed by atoms with Gasteiger partial charge in [0, 0.05) is 12.5 Å². The number of nitriles is 1. The van der Waals surface area contributed by atoms with Crippen LogP contribution in [0.25, 0.3) is 11.1 Å². The summed E-state index contributed by atoms with van der Waals surface area (Å²) < 4.78 is 11.0. The van der Waals surface area contributed by atoms with Crippen molar-refractivity contribution >= 4 is 11.1 Å². The van der Waals surface area contributed by atoms with E-state index in [2.05, 4.69) is 4.98 Å². The van der Waals surface area contributed by atoms with Crippen molar-refractivity contribution in [2.75, 3.05) is 6.61 Å². The Morgan fingerprint density at radius 2 is 2.00 bits per heavy atom. The van der Waals surface area contributed by atoms with E-state index in [-0.39, 0.29) is 6.61 Å². The van der Waals surface area contributed by atoms with Crippen LogP contribution in [0.5, 0.6) is 5.75 Å². The summed E-state index contributed by atoms with van der Waals surface area (Å²) in [7, 11) is 0. The van der Waals surface area contributed by atoms with E-state index >= 15 is 0 Å². The zero-order valence-corrected chi connectivity index (χ0v) is 10.7. The molecule has 0 aliphatic heterocycles. The lowest BCUT2D eigenvalue weighted by atomic mass is 10.1. The molecule has 98 valence electrons. The van der Waals surface area contributed by atoms with E-state index in [9.17, 15) is 0 Å². The second-order valence-corrected chi connectivity index (χ2v) is 4.35. The molecule has 0 bridgehead atoms. The van der Waals surface area contributed by atoms with Gasteiger partial charge in [-0.1, -0.05) is 30.3 Å². The van der Waals surface area contributed by atoms with E-state index in [1.807, 2.05) is 42.5 Å². The van der Waals surface area contributed by atoms with E-state index in [0.717, 1.165) is 11.1 Å². The van der Waals surface area contributed by atoms with Gasteiger partial charge in [0.25, 0.3) is 0 Å². The van der Waals surface area contributed by atoms with Crippen LogP contribution in [-0.2, 0) is 6.42 Å². The van der Waals surface area contributed by atoms with Gasteiger partial charge in [-0.3, -0.25) is 0 Å². The van der Waals surface area contributed by atoms with Crippen LogP contribution in [-0.4, -0.2) is 11.6 Å². The Balaban J connectivity index is 1.85. The first kappa shape index (κ1) is 12.2. The van der Waals surface area contributed by atoms with Gasteiger partial charge in [-0.25, -0.2) is 4.98 Å². The van der Waals surface area contributed by atoms with Crippen LogP contribution in [0.3, 0.4) is 0 Å². The number of benzene rings is 2. The first-order valence-electron chi connectivity index (χ1n) is 6.28. The maximum Gasteiger partial charge on any atom is 0.199 e. The molecule has 0 N–H and O–H groups in total. The van der Waals surface area contributed by atoms with Gasteiger partial charge >= 0.3 is 0 Å². The van der Waals surface area contributed by atoms with Crippen molar-refractivity contribution in [3.05, 3.63) is 60.0 Å². The van der Waals surface area contributed by atoms with Crippen molar-refractivity contribution in [1.82, 2.24) is 4.98 Å². The molecule has 0 spiro atoms. The zero-order chi connectivity index (χ0) is 13.8. The first-order chi connectivity index (χ1) is 9.85. The van der Waals surface area contributed by atoms with Crippen LogP contribution in [0.2, 0.25) is 0 Å². The number of nitrogens with zero attached hydrogens (tertiary/aromatic N) is 2. The predicted molar refractivity (Wildman–Crippen MR) is 74.4 cm³/mol. The number of hydrogen-bond acceptors (Lipinski definition) is 4. The minimum absolute atomic E-state index is 0.0243. The van der Waals surface area contributed by atoms with Crippen molar-refractivity contribution < 1.29 is 9.15 Å². The highest BCUT2D eigenvalue weighted by atomic mass is 16.5. The molecule has 3 aromatic rings. The zero-order valence-electron chi connectivity index (χ0n) is 10.7. The molecule has 1 aromatic heterocycles. The van der Waals surface area contributed by atoms with Crippen molar-refractivity contribution in [2.24, 2.45) is 0 Å². The number of rotatable bonds is 4. The standard InChI is InChI=1S/C16H12N2O2/c17-8-9-19-13-6-7-14-15(11-13)20-16(18-14)10-12-4-2-1-3-5-12/h1-7,11H,9-10H2. The SMILES string of the molecule is N#CCOc1ccc2nc(Cc3ccccc3)oc2c1. The second kappa shape index (κ2) is 5.45. The minimum atomic E-state index is 0.0243. The van der Waals surface area contributed by atoms with Crippen LogP contribution >= 0.6 is 0 Å². The quantitative estimate of drug-likeness (QED) is 0.725. The molecule has 0 atom stereocenters. The molecule has 0 unspecified atom stereocenters. The Morgan fingerprint density at radius 3 is 2.80 bits per heavy atom. The fourth-order valence-corrected chi connectivity index (χ4v) is 2.00. The highest BCUT2D eigenvalue weighted by molar-refractivity contribution is 5.74. The maximum atomic E-state index is 8.50. The van der Waals surface area contributed by atoms with Gasteiger partial charge in [0.1, 0.15) is 17.3 Å². The van der Waals surface area contributed by atoms with Gasteiger partial charge in [-0.2, -0.15) is 5.26 Å². The molecule has 2 aromatic carbocycles. The summed E-state index contributed by atoms with van der Waals surface area (Å²) in [5.41, 5.74) is 2.62. The average Bonchev–Trinajstić information content (AvgIpc) is 2.87. The monoisotopic (exact) mass is 264 g/mol. The fraction of sp³-hybridized carbons (Fsp3) is 0.125. The lowest BCUT2D eigenvalue weighted by molar-refractivity contribution is 0.368. The predicted octanol–water partition coefficient (Wildman–Crippen LogP) is 3.32. The highest BCUT2D eigenvalue weighted by Crippen LogP contribution is 2.22. The van der Waals surface area contributed by atoms with E-state index in [1.165, 1.54) is 0 Å². The second-order valence-electron chi connectivity index (χ2n) is 4.35. The number of hydrogen-bond donors (Lipinski definition) is 0. The summed E-state index contributed by atoms with van der Waals surface area (Å²) >= 11 is 0. The molecule has 0 aliphatic carbocycles. The summed E-state index contributed by atoms with van der Waals surface area (Å²) in [6.07, 6.45) is 0.657. The minimum Gasteiger partial charge on any atom is -0.479 e. The number of ether oxygens (including phenoxy) is 1. The molecule has 0 amide bonds. The van der Waals surface area contributed by atoms with Gasteiger partial charge in [-0.05, 0) is 17.7 Å². The average molecular weight is 264 g/mol. The van der Waals surface area contributed by atoms with Crippen molar-refractivity contribution in [1.29, 1.82) is 5.26 Å². The molecular formula is C16H12N2O2. The van der Waals surface area contributed by atoms with E-state index in [4.69, 9.17) is 14.4 Å². The molecule has 4 nitrogen and oxygen atoms in total. The Labute approximate surface area is 116 Å². The van der Waals surface area contributed by atoms with Gasteiger partial charge in [0.15, 0.2) is 18.1 Å². The normalized spacial score (nSPS) is 10.3. The van der Waals surface area contributed by atoms with Gasteiger partial charge in [0.2, 0.25) is 0 Å². The fourth-order valence-electron chi connectivity index (χ4n) is 2.00. The Kier molecular flexibility index (Phi) is 3.34. The summed E-state index contributed by atoms with van der Waals surface area (Å²) in [6, 6.07) is 17.4. The van der Waals surface area contributed by atoms with Crippen LogP contribution in [0.4, 0.5) is 0 Å². The Bertz CT molecular complexity index is 757. The number of fused-ring (bicyclic) bond motifs is 1. The molecule has 0 aliphatic rings. The van der Waals surface area contributed by atoms with Gasteiger partial charge in [0.05, 0.1) is 0 Å². The van der Waals surface area contributed by atoms with E-state index in [1.54, 1.807) is 12.1 Å². The maximum absolute atomic E-state index is 8.50. The summed E-state index contributed by atoms with van der Waals surface area (Å²) in [5.74, 6) is 1.28. The van der Waals surface area contributed by atoms with Crippen LogP contribution in [0.1, 0.15) is 11.5 Å². The number of aromatic nitrogens is 1. The third-order valence-corrected chi connectivity index (χ3v) is 2.91. The summed E-state index contributed by atoms with van der Waals surface area (Å²) in [4.78, 5) is 4.44. The first-order valence-corrected chi connectivity index (χ1v) is 6.28. The smallest absolute Gasteiger partial charge is 0.199 e. The summed E-state index contributed by atoms with van der Waals surface area (Å²) in [5, 5.41) is 8.50. The Morgan fingerprint density at radius 1 is 1.15 bits per heavy atom. The topological polar surface area (TPSA) is 59.0 Å². The highest BCUT2D eigenvalue weighted by Gasteiger charge is 2.07. The summed E-state index contributed by atoms with van der Waals surface area (Å²) in [6.45, 7) is 0.0243. The van der Waals surface area contributed by atoms with Crippen molar-refractivity contribution in [3.8, 4) is 11.8 Å². The molecule has 0 saturated heterocycles. The molecule has 0 saturated carbocycles. The molecule has 4 heteroatoms. The Hall–Kier alpha value is -2.80. The molecule has 3 rings (SSSR count). The van der Waals surface area contributed by atoms with Crippen LogP contribution in [0.15, 0.2) is 52.9 Å². The third-order valence-electron chi connectivity index (χ3n) is 2.91. The van der Waals surface area contributed by atoms with Crippen LogP contribution in [0, 0.1) is 11.3 Å². The molecule has 0 fully saturated rings. The molecular weight excluding hydrogens is 252 g/mol. The van der Waals surface area contributed by atoms with Gasteiger partial charge in [-0.15, -0.1) is 0 Å². The lowest BCUT2D eigenvalue weighted by Gasteiger charge is -1.98. The third kappa shape index (κ3) is 2.62. The largest absolute Gasteiger partial charge is 0.479 e.